The summed E-state index contributed by atoms with van der Waals surface area (Å²) in [4.78, 5) is 17.0. The molecule has 1 amide bonds. The minimum atomic E-state index is -4.06. The van der Waals surface area contributed by atoms with E-state index in [0.717, 1.165) is 5.56 Å². The van der Waals surface area contributed by atoms with Crippen LogP contribution in [0, 0.1) is 5.82 Å². The van der Waals surface area contributed by atoms with Gasteiger partial charge in [-0.05, 0) is 70.0 Å². The van der Waals surface area contributed by atoms with E-state index in [-0.39, 0.29) is 23.2 Å². The predicted molar refractivity (Wildman–Crippen MR) is 130 cm³/mol. The second-order valence-corrected chi connectivity index (χ2v) is 10.4. The summed E-state index contributed by atoms with van der Waals surface area (Å²) in [6.45, 7) is 7.80. The zero-order chi connectivity index (χ0) is 25.0. The normalized spacial score (nSPS) is 11.6. The maximum atomic E-state index is 14.5. The van der Waals surface area contributed by atoms with Gasteiger partial charge in [0.25, 0.3) is 10.0 Å². The van der Waals surface area contributed by atoms with Crippen LogP contribution >= 0.6 is 0 Å². The van der Waals surface area contributed by atoms with E-state index in [1.165, 1.54) is 37.6 Å². The molecule has 0 radical (unpaired) electrons. The lowest BCUT2D eigenvalue weighted by molar-refractivity contribution is -0.118. The molecule has 8 heteroatoms. The van der Waals surface area contributed by atoms with E-state index >= 15 is 0 Å². The highest BCUT2D eigenvalue weighted by atomic mass is 32.2. The summed E-state index contributed by atoms with van der Waals surface area (Å²) < 4.78 is 47.5. The third kappa shape index (κ3) is 5.80. The molecule has 0 fully saturated rings. The van der Waals surface area contributed by atoms with Gasteiger partial charge in [0.1, 0.15) is 5.82 Å². The number of aromatic nitrogens is 1. The largest absolute Gasteiger partial charge is 0.481 e. The number of hydrogen-bond acceptors (Lipinski definition) is 5. The predicted octanol–water partition coefficient (Wildman–Crippen LogP) is 5.19. The van der Waals surface area contributed by atoms with E-state index in [9.17, 15) is 17.6 Å². The van der Waals surface area contributed by atoms with Crippen LogP contribution in [0.4, 0.5) is 4.39 Å². The molecule has 3 rings (SSSR count). The molecule has 0 aliphatic rings. The summed E-state index contributed by atoms with van der Waals surface area (Å²) >= 11 is 0. The first kappa shape index (κ1) is 25.4. The number of amides is 1. The van der Waals surface area contributed by atoms with Crippen LogP contribution < -0.4 is 9.46 Å². The van der Waals surface area contributed by atoms with Crippen molar-refractivity contribution in [3.8, 4) is 17.0 Å². The number of benzene rings is 2. The summed E-state index contributed by atoms with van der Waals surface area (Å²) in [6.07, 6.45) is 1.29. The Balaban J connectivity index is 1.96. The minimum Gasteiger partial charge on any atom is -0.481 e. The Morgan fingerprint density at radius 2 is 1.71 bits per heavy atom. The van der Waals surface area contributed by atoms with Crippen LogP contribution in [0.25, 0.3) is 11.1 Å². The molecule has 3 aromatic rings. The molecule has 1 N–H and O–H groups in total. The number of methoxy groups -OCH3 is 1. The minimum absolute atomic E-state index is 0.00697. The van der Waals surface area contributed by atoms with Crippen LogP contribution in [0.3, 0.4) is 0 Å². The van der Waals surface area contributed by atoms with Crippen molar-refractivity contribution >= 4 is 15.9 Å². The van der Waals surface area contributed by atoms with Gasteiger partial charge in [-0.25, -0.2) is 22.5 Å². The standard InChI is InChI=1S/C26H29FN2O4S/c1-16(2)18-6-8-21(9-7-18)34(31,32)29-25(30)15-24-22(17(3)4)13-20(27)14-23(24)19-10-11-28-26(12-19)33-5/h6-14,16-17H,15H2,1-5H3,(H,29,30). The number of sulfonamides is 1. The van der Waals surface area contributed by atoms with Crippen molar-refractivity contribution in [2.75, 3.05) is 7.11 Å². The Hall–Kier alpha value is -3.26. The lowest BCUT2D eigenvalue weighted by Crippen LogP contribution is -2.32. The van der Waals surface area contributed by atoms with Crippen molar-refractivity contribution in [1.29, 1.82) is 0 Å². The number of ether oxygens (including phenoxy) is 1. The zero-order valence-electron chi connectivity index (χ0n) is 19.9. The maximum absolute atomic E-state index is 14.5. The van der Waals surface area contributed by atoms with Gasteiger partial charge in [-0.3, -0.25) is 4.79 Å². The Bertz CT molecular complexity index is 1290. The van der Waals surface area contributed by atoms with Crippen molar-refractivity contribution in [3.05, 3.63) is 77.2 Å². The Morgan fingerprint density at radius 3 is 2.29 bits per heavy atom. The average molecular weight is 485 g/mol. The Morgan fingerprint density at radius 1 is 1.03 bits per heavy atom. The van der Waals surface area contributed by atoms with Gasteiger partial charge in [0.2, 0.25) is 11.8 Å². The molecule has 0 spiro atoms. The van der Waals surface area contributed by atoms with Crippen LogP contribution in [0.1, 0.15) is 56.2 Å². The van der Waals surface area contributed by atoms with Crippen LogP contribution in [0.2, 0.25) is 0 Å². The van der Waals surface area contributed by atoms with E-state index in [4.69, 9.17) is 4.74 Å². The van der Waals surface area contributed by atoms with E-state index < -0.39 is 21.7 Å². The Kier molecular flexibility index (Phi) is 7.71. The van der Waals surface area contributed by atoms with Gasteiger partial charge >= 0.3 is 0 Å². The van der Waals surface area contributed by atoms with Gasteiger partial charge in [-0.2, -0.15) is 0 Å². The third-order valence-corrected chi connectivity index (χ3v) is 6.96. The van der Waals surface area contributed by atoms with E-state index in [1.807, 2.05) is 27.7 Å². The van der Waals surface area contributed by atoms with Gasteiger partial charge in [0, 0.05) is 12.3 Å². The zero-order valence-corrected chi connectivity index (χ0v) is 20.7. The molecule has 6 nitrogen and oxygen atoms in total. The van der Waals surface area contributed by atoms with Crippen LogP contribution in [-0.4, -0.2) is 26.4 Å². The molecule has 0 unspecified atom stereocenters. The van der Waals surface area contributed by atoms with Crippen molar-refractivity contribution in [2.24, 2.45) is 0 Å². The van der Waals surface area contributed by atoms with Gasteiger partial charge in [-0.15, -0.1) is 0 Å². The molecule has 2 aromatic carbocycles. The molecule has 1 heterocycles. The first-order valence-electron chi connectivity index (χ1n) is 11.0. The number of hydrogen-bond donors (Lipinski definition) is 1. The highest BCUT2D eigenvalue weighted by Gasteiger charge is 2.22. The summed E-state index contributed by atoms with van der Waals surface area (Å²) in [5.74, 6) is -0.651. The summed E-state index contributed by atoms with van der Waals surface area (Å²) in [6, 6.07) is 12.5. The molecule has 0 saturated carbocycles. The molecule has 34 heavy (non-hydrogen) atoms. The van der Waals surface area contributed by atoms with Crippen molar-refractivity contribution in [3.63, 3.8) is 0 Å². The van der Waals surface area contributed by atoms with Gasteiger partial charge < -0.3 is 4.74 Å². The second-order valence-electron chi connectivity index (χ2n) is 8.69. The number of nitrogens with zero attached hydrogens (tertiary/aromatic N) is 1. The maximum Gasteiger partial charge on any atom is 0.264 e. The lowest BCUT2D eigenvalue weighted by atomic mass is 9.88. The molecule has 0 saturated heterocycles. The smallest absolute Gasteiger partial charge is 0.264 e. The van der Waals surface area contributed by atoms with Gasteiger partial charge in [0.15, 0.2) is 0 Å². The monoisotopic (exact) mass is 484 g/mol. The second kappa shape index (κ2) is 10.3. The first-order valence-corrected chi connectivity index (χ1v) is 12.5. The van der Waals surface area contributed by atoms with E-state index in [0.29, 0.717) is 28.1 Å². The van der Waals surface area contributed by atoms with E-state index in [1.54, 1.807) is 24.3 Å². The molecule has 0 aliphatic carbocycles. The quantitative estimate of drug-likeness (QED) is 0.476. The molecule has 1 aromatic heterocycles. The number of halogens is 1. The Labute approximate surface area is 200 Å². The van der Waals surface area contributed by atoms with Crippen molar-refractivity contribution in [1.82, 2.24) is 9.71 Å². The summed E-state index contributed by atoms with van der Waals surface area (Å²) in [7, 11) is -2.58. The molecule has 0 atom stereocenters. The molecular weight excluding hydrogens is 455 g/mol. The number of pyridine rings is 1. The van der Waals surface area contributed by atoms with Crippen molar-refractivity contribution < 1.29 is 22.3 Å². The number of nitrogens with one attached hydrogen (secondary N) is 1. The molecule has 180 valence electrons. The number of carbonyl (C=O) groups excluding carboxylic acids is 1. The summed E-state index contributed by atoms with van der Waals surface area (Å²) in [5.41, 5.74) is 3.27. The first-order chi connectivity index (χ1) is 16.0. The fourth-order valence-corrected chi connectivity index (χ4v) is 4.74. The fraction of sp³-hybridized carbons (Fsp3) is 0.308. The van der Waals surface area contributed by atoms with Crippen LogP contribution in [0.15, 0.2) is 59.6 Å². The molecular formula is C26H29FN2O4S. The van der Waals surface area contributed by atoms with Gasteiger partial charge in [-0.1, -0.05) is 39.8 Å². The number of rotatable bonds is 8. The van der Waals surface area contributed by atoms with Crippen molar-refractivity contribution in [2.45, 2.75) is 50.8 Å². The molecule has 0 bridgehead atoms. The van der Waals surface area contributed by atoms with Gasteiger partial charge in [0.05, 0.1) is 18.4 Å². The highest BCUT2D eigenvalue weighted by Crippen LogP contribution is 2.33. The number of carbonyl (C=O) groups is 1. The average Bonchev–Trinajstić information content (AvgIpc) is 2.79. The summed E-state index contributed by atoms with van der Waals surface area (Å²) in [5, 5.41) is 0. The third-order valence-electron chi connectivity index (χ3n) is 5.57. The van der Waals surface area contributed by atoms with Crippen LogP contribution in [-0.2, 0) is 21.2 Å². The topological polar surface area (TPSA) is 85.4 Å². The SMILES string of the molecule is COc1cc(-c2cc(F)cc(C(C)C)c2CC(=O)NS(=O)(=O)c2ccc(C(C)C)cc2)ccn1. The fourth-order valence-electron chi connectivity index (χ4n) is 3.75. The highest BCUT2D eigenvalue weighted by molar-refractivity contribution is 7.90. The lowest BCUT2D eigenvalue weighted by Gasteiger charge is -2.18. The van der Waals surface area contributed by atoms with Crippen LogP contribution in [0.5, 0.6) is 5.88 Å². The molecule has 0 aliphatic heterocycles. The van der Waals surface area contributed by atoms with E-state index in [2.05, 4.69) is 9.71 Å².